The predicted octanol–water partition coefficient (Wildman–Crippen LogP) is 3.73. The molecule has 7 heteroatoms. The fourth-order valence-electron chi connectivity index (χ4n) is 2.44. The first-order chi connectivity index (χ1) is 11.1. The van der Waals surface area contributed by atoms with Gasteiger partial charge in [-0.05, 0) is 24.3 Å². The minimum Gasteiger partial charge on any atom is -0.444 e. The average molecular weight is 316 g/mol. The van der Waals surface area contributed by atoms with E-state index >= 15 is 0 Å². The summed E-state index contributed by atoms with van der Waals surface area (Å²) < 4.78 is 32.6. The summed E-state index contributed by atoms with van der Waals surface area (Å²) >= 11 is 0. The van der Waals surface area contributed by atoms with E-state index in [1.54, 1.807) is 18.6 Å². The fourth-order valence-corrected chi connectivity index (χ4v) is 2.44. The molecule has 1 unspecified atom stereocenters. The van der Waals surface area contributed by atoms with Gasteiger partial charge in [0.25, 0.3) is 5.92 Å². The molecule has 1 atom stereocenters. The third kappa shape index (κ3) is 2.81. The van der Waals surface area contributed by atoms with Crippen molar-refractivity contribution in [2.24, 2.45) is 0 Å². The minimum absolute atomic E-state index is 0.120. The monoisotopic (exact) mass is 316 g/mol. The third-order valence-electron chi connectivity index (χ3n) is 3.87. The van der Waals surface area contributed by atoms with Gasteiger partial charge in [-0.25, -0.2) is 13.8 Å². The van der Waals surface area contributed by atoms with E-state index in [1.807, 2.05) is 24.3 Å². The summed E-state index contributed by atoms with van der Waals surface area (Å²) in [6.45, 7) is 0.528. The molecule has 1 aliphatic rings. The molecular weight excluding hydrogens is 302 g/mol. The number of benzene rings is 1. The molecule has 0 aliphatic heterocycles. The number of anilines is 1. The van der Waals surface area contributed by atoms with Crippen molar-refractivity contribution in [3.63, 3.8) is 0 Å². The highest BCUT2D eigenvalue weighted by atomic mass is 19.3. The number of nitrogens with zero attached hydrogens (tertiary/aromatic N) is 3. The summed E-state index contributed by atoms with van der Waals surface area (Å²) in [5.74, 6) is -1.89. The molecule has 0 amide bonds. The molecule has 23 heavy (non-hydrogen) atoms. The second-order valence-corrected chi connectivity index (χ2v) is 5.61. The number of hydrogen-bond acceptors (Lipinski definition) is 4. The Morgan fingerprint density at radius 1 is 1.26 bits per heavy atom. The van der Waals surface area contributed by atoms with Crippen LogP contribution in [0.25, 0.3) is 11.3 Å². The molecular formula is C16H14F2N4O. The molecule has 1 aliphatic carbocycles. The molecule has 2 heterocycles. The van der Waals surface area contributed by atoms with E-state index in [9.17, 15) is 8.78 Å². The van der Waals surface area contributed by atoms with Gasteiger partial charge in [-0.2, -0.15) is 5.10 Å². The number of nitrogens with one attached hydrogen (secondary N) is 1. The summed E-state index contributed by atoms with van der Waals surface area (Å²) in [7, 11) is 0. The zero-order chi connectivity index (χ0) is 15.9. The molecule has 1 N–H and O–H groups in total. The largest absolute Gasteiger partial charge is 0.444 e. The first-order valence-corrected chi connectivity index (χ1v) is 7.25. The first kappa shape index (κ1) is 13.9. The molecule has 118 valence electrons. The molecule has 2 aromatic heterocycles. The second-order valence-electron chi connectivity index (χ2n) is 5.61. The third-order valence-corrected chi connectivity index (χ3v) is 3.87. The molecule has 0 saturated heterocycles. The summed E-state index contributed by atoms with van der Waals surface area (Å²) in [6, 6.07) is 6.93. The number of hydrogen-bond donors (Lipinski definition) is 1. The Hall–Kier alpha value is -2.70. The van der Waals surface area contributed by atoms with Crippen molar-refractivity contribution in [1.29, 1.82) is 0 Å². The van der Waals surface area contributed by atoms with Crippen molar-refractivity contribution >= 4 is 5.69 Å². The van der Waals surface area contributed by atoms with Crippen molar-refractivity contribution in [3.8, 4) is 11.3 Å². The summed E-state index contributed by atoms with van der Waals surface area (Å²) in [5, 5.41) is 7.25. The molecule has 3 aromatic rings. The zero-order valence-electron chi connectivity index (χ0n) is 12.1. The van der Waals surface area contributed by atoms with Gasteiger partial charge < -0.3 is 9.73 Å². The highest BCUT2D eigenvalue weighted by Gasteiger charge is 2.59. The number of oxazole rings is 1. The molecule has 1 aromatic carbocycles. The van der Waals surface area contributed by atoms with Crippen molar-refractivity contribution in [3.05, 3.63) is 54.8 Å². The maximum atomic E-state index is 13.0. The van der Waals surface area contributed by atoms with E-state index in [2.05, 4.69) is 15.4 Å². The molecule has 0 radical (unpaired) electrons. The Morgan fingerprint density at radius 2 is 2.04 bits per heavy atom. The van der Waals surface area contributed by atoms with Gasteiger partial charge >= 0.3 is 0 Å². The van der Waals surface area contributed by atoms with Gasteiger partial charge in [0.15, 0.2) is 12.2 Å². The van der Waals surface area contributed by atoms with Gasteiger partial charge in [0.1, 0.15) is 6.04 Å². The standard InChI is InChI=1S/C16H14F2N4O/c17-16(18)5-15(16)22-9-11(7-21-22)6-20-13-3-1-12(2-4-13)14-8-19-10-23-14/h1-4,7-10,15,20H,5-6H2. The van der Waals surface area contributed by atoms with Crippen LogP contribution in [0, 0.1) is 0 Å². The second kappa shape index (κ2) is 5.19. The van der Waals surface area contributed by atoms with Crippen molar-refractivity contribution in [2.45, 2.75) is 24.9 Å². The average Bonchev–Trinajstić information content (AvgIpc) is 3.01. The lowest BCUT2D eigenvalue weighted by Gasteiger charge is -2.05. The number of aromatic nitrogens is 3. The Bertz CT molecular complexity index is 796. The number of alkyl halides is 2. The molecule has 1 saturated carbocycles. The van der Waals surface area contributed by atoms with Crippen molar-refractivity contribution < 1.29 is 13.2 Å². The van der Waals surface area contributed by atoms with Crippen LogP contribution in [-0.2, 0) is 6.54 Å². The Balaban J connectivity index is 1.38. The molecule has 4 rings (SSSR count). The van der Waals surface area contributed by atoms with Crippen LogP contribution in [0.3, 0.4) is 0 Å². The summed E-state index contributed by atoms with van der Waals surface area (Å²) in [6.07, 6.45) is 6.21. The van der Waals surface area contributed by atoms with Crippen LogP contribution >= 0.6 is 0 Å². The zero-order valence-corrected chi connectivity index (χ0v) is 12.1. The van der Waals surface area contributed by atoms with Crippen LogP contribution in [0.5, 0.6) is 0 Å². The maximum Gasteiger partial charge on any atom is 0.272 e. The topological polar surface area (TPSA) is 55.9 Å². The Morgan fingerprint density at radius 3 is 2.70 bits per heavy atom. The minimum atomic E-state index is -2.60. The van der Waals surface area contributed by atoms with Crippen molar-refractivity contribution in [2.75, 3.05) is 5.32 Å². The van der Waals surface area contributed by atoms with Crippen molar-refractivity contribution in [1.82, 2.24) is 14.8 Å². The molecule has 0 bridgehead atoms. The van der Waals surface area contributed by atoms with Gasteiger partial charge in [-0.1, -0.05) is 0 Å². The van der Waals surface area contributed by atoms with Crippen LogP contribution in [-0.4, -0.2) is 20.7 Å². The lowest BCUT2D eigenvalue weighted by atomic mass is 10.1. The normalized spacial score (nSPS) is 18.8. The summed E-state index contributed by atoms with van der Waals surface area (Å²) in [4.78, 5) is 3.88. The molecule has 5 nitrogen and oxygen atoms in total. The van der Waals surface area contributed by atoms with Crippen LogP contribution in [0.4, 0.5) is 14.5 Å². The first-order valence-electron chi connectivity index (χ1n) is 7.25. The van der Waals surface area contributed by atoms with Gasteiger partial charge in [-0.3, -0.25) is 4.68 Å². The SMILES string of the molecule is FC1(F)CC1n1cc(CNc2ccc(-c3cnco3)cc2)cn1. The van der Waals surface area contributed by atoms with Crippen LogP contribution < -0.4 is 5.32 Å². The molecule has 1 fully saturated rings. The van der Waals surface area contributed by atoms with E-state index in [-0.39, 0.29) is 6.42 Å². The van der Waals surface area contributed by atoms with Gasteiger partial charge in [-0.15, -0.1) is 0 Å². The summed E-state index contributed by atoms with van der Waals surface area (Å²) in [5.41, 5.74) is 2.74. The smallest absolute Gasteiger partial charge is 0.272 e. The lowest BCUT2D eigenvalue weighted by molar-refractivity contribution is 0.0983. The van der Waals surface area contributed by atoms with Crippen LogP contribution in [0.15, 0.2) is 53.7 Å². The Kier molecular flexibility index (Phi) is 3.14. The van der Waals surface area contributed by atoms with Gasteiger partial charge in [0, 0.05) is 36.0 Å². The quantitative estimate of drug-likeness (QED) is 0.779. The van der Waals surface area contributed by atoms with Gasteiger partial charge in [0.2, 0.25) is 0 Å². The van der Waals surface area contributed by atoms with Crippen LogP contribution in [0.2, 0.25) is 0 Å². The van der Waals surface area contributed by atoms with Gasteiger partial charge in [0.05, 0.1) is 12.4 Å². The highest BCUT2D eigenvalue weighted by Crippen LogP contribution is 2.52. The Labute approximate surface area is 131 Å². The van der Waals surface area contributed by atoms with E-state index in [0.717, 1.165) is 16.8 Å². The lowest BCUT2D eigenvalue weighted by Crippen LogP contribution is -2.02. The van der Waals surface area contributed by atoms with Crippen LogP contribution in [0.1, 0.15) is 18.0 Å². The fraction of sp³-hybridized carbons (Fsp3) is 0.250. The van der Waals surface area contributed by atoms with E-state index in [4.69, 9.17) is 4.42 Å². The van der Waals surface area contributed by atoms with E-state index in [1.165, 1.54) is 11.1 Å². The predicted molar refractivity (Wildman–Crippen MR) is 80.1 cm³/mol. The number of rotatable bonds is 5. The maximum absolute atomic E-state index is 13.0. The number of halogens is 2. The highest BCUT2D eigenvalue weighted by molar-refractivity contribution is 5.60. The van der Waals surface area contributed by atoms with E-state index < -0.39 is 12.0 Å². The molecule has 0 spiro atoms. The van der Waals surface area contributed by atoms with E-state index in [0.29, 0.717) is 12.3 Å².